The zero-order chi connectivity index (χ0) is 28.7. The lowest BCUT2D eigenvalue weighted by atomic mass is 9.76. The molecule has 5 aromatic rings. The highest BCUT2D eigenvalue weighted by Gasteiger charge is 2.45. The summed E-state index contributed by atoms with van der Waals surface area (Å²) in [4.78, 5) is 0. The molecule has 0 bridgehead atoms. The summed E-state index contributed by atoms with van der Waals surface area (Å²) >= 11 is 0. The first-order valence-corrected chi connectivity index (χ1v) is 13.2. The Morgan fingerprint density at radius 2 is 1.29 bits per heavy atom. The summed E-state index contributed by atoms with van der Waals surface area (Å²) in [6, 6.07) is 23.6. The molecule has 2 aliphatic rings. The maximum atomic E-state index is 14.0. The standard InChI is InChI=1S/C35H23F5O/c1-33(2)29-19-22(35(38,39)40)11-16-27(29)30-25-5-3-4-6-26(25)32-28(31(30)33)17-18-34(41-32,20-7-12-23(36)13-8-20)21-9-14-24(37)15-10-21/h3-19H,1-2H3. The molecule has 41 heavy (non-hydrogen) atoms. The summed E-state index contributed by atoms with van der Waals surface area (Å²) in [6.07, 6.45) is -0.658. The van der Waals surface area contributed by atoms with E-state index < -0.39 is 34.4 Å². The summed E-state index contributed by atoms with van der Waals surface area (Å²) in [5.74, 6) is -0.235. The minimum atomic E-state index is -4.46. The van der Waals surface area contributed by atoms with Crippen LogP contribution in [-0.2, 0) is 17.2 Å². The number of alkyl halides is 3. The third-order valence-electron chi connectivity index (χ3n) is 8.41. The molecule has 1 aliphatic heterocycles. The molecule has 0 fully saturated rings. The summed E-state index contributed by atoms with van der Waals surface area (Å²) in [5, 5.41) is 1.65. The Balaban J connectivity index is 1.53. The molecule has 1 aliphatic carbocycles. The molecule has 204 valence electrons. The molecule has 0 unspecified atom stereocenters. The zero-order valence-corrected chi connectivity index (χ0v) is 22.1. The summed E-state index contributed by atoms with van der Waals surface area (Å²) in [6.45, 7) is 3.87. The van der Waals surface area contributed by atoms with Crippen LogP contribution in [0.25, 0.3) is 28.0 Å². The minimum Gasteiger partial charge on any atom is -0.472 e. The van der Waals surface area contributed by atoms with Gasteiger partial charge in [0.2, 0.25) is 0 Å². The molecule has 5 aromatic carbocycles. The highest BCUT2D eigenvalue weighted by Crippen LogP contribution is 2.58. The highest BCUT2D eigenvalue weighted by molar-refractivity contribution is 6.08. The molecule has 0 aromatic heterocycles. The van der Waals surface area contributed by atoms with Crippen molar-refractivity contribution >= 4 is 16.8 Å². The quantitative estimate of drug-likeness (QED) is 0.197. The van der Waals surface area contributed by atoms with E-state index in [4.69, 9.17) is 4.74 Å². The lowest BCUT2D eigenvalue weighted by Crippen LogP contribution is -2.35. The fourth-order valence-electron chi connectivity index (χ4n) is 6.48. The molecule has 0 spiro atoms. The second kappa shape index (κ2) is 8.53. The van der Waals surface area contributed by atoms with Crippen LogP contribution in [0.15, 0.2) is 97.1 Å². The maximum absolute atomic E-state index is 14.0. The minimum absolute atomic E-state index is 0.399. The second-order valence-corrected chi connectivity index (χ2v) is 11.1. The fraction of sp³-hybridized carbons (Fsp3) is 0.143. The largest absolute Gasteiger partial charge is 0.472 e. The van der Waals surface area contributed by atoms with Gasteiger partial charge >= 0.3 is 6.18 Å². The molecule has 6 heteroatoms. The first-order valence-electron chi connectivity index (χ1n) is 13.2. The molecular weight excluding hydrogens is 531 g/mol. The lowest BCUT2D eigenvalue weighted by molar-refractivity contribution is -0.137. The van der Waals surface area contributed by atoms with Crippen LogP contribution < -0.4 is 4.74 Å². The molecule has 0 saturated heterocycles. The number of benzene rings is 5. The molecule has 1 nitrogen and oxygen atoms in total. The van der Waals surface area contributed by atoms with Crippen molar-refractivity contribution in [1.82, 2.24) is 0 Å². The van der Waals surface area contributed by atoms with Gasteiger partial charge in [-0.2, -0.15) is 13.2 Å². The lowest BCUT2D eigenvalue weighted by Gasteiger charge is -2.38. The third kappa shape index (κ3) is 3.66. The van der Waals surface area contributed by atoms with Gasteiger partial charge in [-0.05, 0) is 70.1 Å². The Morgan fingerprint density at radius 3 is 1.88 bits per heavy atom. The van der Waals surface area contributed by atoms with Gasteiger partial charge < -0.3 is 4.74 Å². The van der Waals surface area contributed by atoms with Gasteiger partial charge in [0.1, 0.15) is 17.4 Å². The van der Waals surface area contributed by atoms with Crippen molar-refractivity contribution in [3.8, 4) is 16.9 Å². The van der Waals surface area contributed by atoms with Crippen LogP contribution in [0.1, 0.15) is 47.2 Å². The van der Waals surface area contributed by atoms with E-state index in [0.717, 1.165) is 39.1 Å². The van der Waals surface area contributed by atoms with Crippen LogP contribution in [0.3, 0.4) is 0 Å². The number of hydrogen-bond acceptors (Lipinski definition) is 1. The number of halogens is 5. The zero-order valence-electron chi connectivity index (χ0n) is 22.1. The molecular formula is C35H23F5O. The number of fused-ring (bicyclic) bond motifs is 8. The van der Waals surface area contributed by atoms with Crippen molar-refractivity contribution in [2.45, 2.75) is 31.0 Å². The summed E-state index contributed by atoms with van der Waals surface area (Å²) in [5.41, 5.74) is 2.54. The van der Waals surface area contributed by atoms with Crippen molar-refractivity contribution in [1.29, 1.82) is 0 Å². The number of hydrogen-bond donors (Lipinski definition) is 0. The Hall–Kier alpha value is -4.45. The maximum Gasteiger partial charge on any atom is 0.416 e. The van der Waals surface area contributed by atoms with Gasteiger partial charge in [-0.3, -0.25) is 0 Å². The Bertz CT molecular complexity index is 1830. The van der Waals surface area contributed by atoms with E-state index in [9.17, 15) is 22.0 Å². The topological polar surface area (TPSA) is 9.23 Å². The van der Waals surface area contributed by atoms with Crippen LogP contribution in [0.4, 0.5) is 22.0 Å². The normalized spacial score (nSPS) is 16.2. The van der Waals surface area contributed by atoms with E-state index in [-0.39, 0.29) is 0 Å². The van der Waals surface area contributed by atoms with Crippen molar-refractivity contribution in [2.24, 2.45) is 0 Å². The Morgan fingerprint density at radius 1 is 0.707 bits per heavy atom. The average Bonchev–Trinajstić information content (AvgIpc) is 3.20. The van der Waals surface area contributed by atoms with Gasteiger partial charge in [-0.15, -0.1) is 0 Å². The predicted octanol–water partition coefficient (Wildman–Crippen LogP) is 9.79. The summed E-state index contributed by atoms with van der Waals surface area (Å²) < 4.78 is 76.1. The molecule has 0 atom stereocenters. The van der Waals surface area contributed by atoms with Crippen LogP contribution >= 0.6 is 0 Å². The monoisotopic (exact) mass is 554 g/mol. The van der Waals surface area contributed by atoms with Crippen LogP contribution in [0, 0.1) is 11.6 Å². The molecule has 0 amide bonds. The predicted molar refractivity (Wildman–Crippen MR) is 150 cm³/mol. The van der Waals surface area contributed by atoms with Crippen LogP contribution in [0.5, 0.6) is 5.75 Å². The molecule has 0 radical (unpaired) electrons. The van der Waals surface area contributed by atoms with Crippen molar-refractivity contribution < 1.29 is 26.7 Å². The molecule has 1 heterocycles. The van der Waals surface area contributed by atoms with Gasteiger partial charge in [0.05, 0.1) is 5.56 Å². The van der Waals surface area contributed by atoms with Crippen molar-refractivity contribution in [3.05, 3.63) is 142 Å². The van der Waals surface area contributed by atoms with Crippen molar-refractivity contribution in [2.75, 3.05) is 0 Å². The van der Waals surface area contributed by atoms with Crippen LogP contribution in [0.2, 0.25) is 0 Å². The van der Waals surface area contributed by atoms with E-state index in [1.54, 1.807) is 30.3 Å². The first kappa shape index (κ1) is 25.5. The van der Waals surface area contributed by atoms with E-state index in [0.29, 0.717) is 22.4 Å². The molecule has 7 rings (SSSR count). The van der Waals surface area contributed by atoms with E-state index in [1.165, 1.54) is 30.3 Å². The fourth-order valence-corrected chi connectivity index (χ4v) is 6.48. The number of rotatable bonds is 2. The SMILES string of the molecule is CC1(C)c2cc(C(F)(F)F)ccc2-c2c1c1c(c3ccccc23)OC(c2ccc(F)cc2)(c2ccc(F)cc2)C=C1. The molecule has 0 saturated carbocycles. The van der Waals surface area contributed by atoms with E-state index in [2.05, 4.69) is 0 Å². The smallest absolute Gasteiger partial charge is 0.416 e. The average molecular weight is 555 g/mol. The molecule has 0 N–H and O–H groups in total. The van der Waals surface area contributed by atoms with Gasteiger partial charge in [-0.25, -0.2) is 8.78 Å². The van der Waals surface area contributed by atoms with Crippen LogP contribution in [-0.4, -0.2) is 0 Å². The Labute approximate surface area is 233 Å². The van der Waals surface area contributed by atoms with Gasteiger partial charge in [0.15, 0.2) is 5.60 Å². The van der Waals surface area contributed by atoms with Gasteiger partial charge in [0, 0.05) is 27.5 Å². The van der Waals surface area contributed by atoms with Gasteiger partial charge in [-0.1, -0.05) is 74.5 Å². The van der Waals surface area contributed by atoms with Gasteiger partial charge in [0.25, 0.3) is 0 Å². The Kier molecular flexibility index (Phi) is 5.31. The highest BCUT2D eigenvalue weighted by atomic mass is 19.4. The van der Waals surface area contributed by atoms with E-state index in [1.807, 2.05) is 50.3 Å². The van der Waals surface area contributed by atoms with E-state index >= 15 is 0 Å². The number of ether oxygens (including phenoxy) is 1. The third-order valence-corrected chi connectivity index (χ3v) is 8.41. The summed E-state index contributed by atoms with van der Waals surface area (Å²) in [7, 11) is 0. The van der Waals surface area contributed by atoms with Crippen molar-refractivity contribution in [3.63, 3.8) is 0 Å². The second-order valence-electron chi connectivity index (χ2n) is 11.1. The first-order chi connectivity index (χ1) is 19.5.